The summed E-state index contributed by atoms with van der Waals surface area (Å²) in [4.78, 5) is 48.9. The SMILES string of the molecule is C=C(C)C(=O)OCC(CO)OC(=O)C(=C)C.Cc1ccc(N=C=O)cc1N=C=O. The second kappa shape index (κ2) is 13.5. The second-order valence-corrected chi connectivity index (χ2v) is 5.75. The van der Waals surface area contributed by atoms with Gasteiger partial charge in [0.1, 0.15) is 6.61 Å². The summed E-state index contributed by atoms with van der Waals surface area (Å²) in [6.45, 7) is 10.9. The molecule has 1 aromatic carbocycles. The van der Waals surface area contributed by atoms with Crippen LogP contribution in [0.25, 0.3) is 0 Å². The van der Waals surface area contributed by atoms with Crippen molar-refractivity contribution in [3.63, 3.8) is 0 Å². The summed E-state index contributed by atoms with van der Waals surface area (Å²) < 4.78 is 9.53. The minimum Gasteiger partial charge on any atom is -0.458 e. The van der Waals surface area contributed by atoms with E-state index in [-0.39, 0.29) is 17.8 Å². The zero-order valence-corrected chi connectivity index (χ0v) is 16.4. The number of isocyanates is 2. The molecule has 29 heavy (non-hydrogen) atoms. The first-order valence-corrected chi connectivity index (χ1v) is 8.22. The van der Waals surface area contributed by atoms with E-state index in [1.165, 1.54) is 32.1 Å². The molecule has 1 rings (SSSR count). The highest BCUT2D eigenvalue weighted by Gasteiger charge is 2.16. The predicted octanol–water partition coefficient (Wildman–Crippen LogP) is 2.52. The van der Waals surface area contributed by atoms with Crippen molar-refractivity contribution in [3.8, 4) is 0 Å². The van der Waals surface area contributed by atoms with Crippen LogP contribution in [0.15, 0.2) is 52.5 Å². The standard InChI is InChI=1S/C11H16O5.C9H6N2O2/c1-7(2)10(13)15-6-9(5-12)16-11(14)8(3)4;1-7-2-3-8(10-5-12)4-9(7)11-6-13/h9,12H,1,3,5-6H2,2,4H3;2-4H,1H3. The van der Waals surface area contributed by atoms with Crippen LogP contribution in [-0.4, -0.2) is 48.5 Å². The number of hydrogen-bond donors (Lipinski definition) is 1. The second-order valence-electron chi connectivity index (χ2n) is 5.75. The first-order chi connectivity index (χ1) is 13.7. The Kier molecular flexibility index (Phi) is 11.8. The lowest BCUT2D eigenvalue weighted by molar-refractivity contribution is -0.156. The van der Waals surface area contributed by atoms with Gasteiger partial charge in [-0.3, -0.25) is 0 Å². The monoisotopic (exact) mass is 402 g/mol. The van der Waals surface area contributed by atoms with Crippen LogP contribution >= 0.6 is 0 Å². The highest BCUT2D eigenvalue weighted by Crippen LogP contribution is 2.23. The van der Waals surface area contributed by atoms with Gasteiger partial charge in [-0.05, 0) is 38.5 Å². The van der Waals surface area contributed by atoms with Crippen molar-refractivity contribution in [1.29, 1.82) is 0 Å². The van der Waals surface area contributed by atoms with Crippen molar-refractivity contribution in [3.05, 3.63) is 48.1 Å². The molecular weight excluding hydrogens is 380 g/mol. The van der Waals surface area contributed by atoms with Crippen LogP contribution in [0, 0.1) is 6.92 Å². The van der Waals surface area contributed by atoms with Crippen molar-refractivity contribution < 1.29 is 33.8 Å². The quantitative estimate of drug-likeness (QED) is 0.306. The Hall–Kier alpha value is -3.64. The molecule has 0 fully saturated rings. The number of aliphatic imine (C=N–C) groups is 2. The van der Waals surface area contributed by atoms with Gasteiger partial charge in [-0.2, -0.15) is 9.98 Å². The smallest absolute Gasteiger partial charge is 0.333 e. The number of ether oxygens (including phenoxy) is 2. The van der Waals surface area contributed by atoms with E-state index < -0.39 is 24.6 Å². The van der Waals surface area contributed by atoms with E-state index >= 15 is 0 Å². The maximum atomic E-state index is 11.1. The lowest BCUT2D eigenvalue weighted by Crippen LogP contribution is -2.28. The molecule has 0 saturated heterocycles. The first-order valence-electron chi connectivity index (χ1n) is 8.22. The summed E-state index contributed by atoms with van der Waals surface area (Å²) in [7, 11) is 0. The minimum atomic E-state index is -0.882. The van der Waals surface area contributed by atoms with E-state index in [9.17, 15) is 19.2 Å². The Morgan fingerprint density at radius 2 is 1.69 bits per heavy atom. The van der Waals surface area contributed by atoms with Gasteiger partial charge in [-0.25, -0.2) is 19.2 Å². The Bertz CT molecular complexity index is 864. The molecule has 0 radical (unpaired) electrons. The Morgan fingerprint density at radius 1 is 1.10 bits per heavy atom. The van der Waals surface area contributed by atoms with E-state index in [0.717, 1.165) is 5.56 Å². The predicted molar refractivity (Wildman–Crippen MR) is 104 cm³/mol. The lowest BCUT2D eigenvalue weighted by Gasteiger charge is -2.15. The van der Waals surface area contributed by atoms with Crippen LogP contribution in [0.3, 0.4) is 0 Å². The van der Waals surface area contributed by atoms with Crippen molar-refractivity contribution in [2.75, 3.05) is 13.2 Å². The van der Waals surface area contributed by atoms with Crippen LogP contribution in [0.5, 0.6) is 0 Å². The lowest BCUT2D eigenvalue weighted by atomic mass is 10.2. The highest BCUT2D eigenvalue weighted by atomic mass is 16.6. The summed E-state index contributed by atoms with van der Waals surface area (Å²) in [5.74, 6) is -1.23. The van der Waals surface area contributed by atoms with Gasteiger partial charge < -0.3 is 14.6 Å². The summed E-state index contributed by atoms with van der Waals surface area (Å²) in [6.07, 6.45) is 1.95. The van der Waals surface area contributed by atoms with E-state index in [2.05, 4.69) is 23.1 Å². The fraction of sp³-hybridized carbons (Fsp3) is 0.300. The summed E-state index contributed by atoms with van der Waals surface area (Å²) >= 11 is 0. The third-order valence-electron chi connectivity index (χ3n) is 3.11. The van der Waals surface area contributed by atoms with Gasteiger partial charge in [-0.15, -0.1) is 0 Å². The maximum Gasteiger partial charge on any atom is 0.333 e. The largest absolute Gasteiger partial charge is 0.458 e. The van der Waals surface area contributed by atoms with E-state index in [1.807, 2.05) is 0 Å². The highest BCUT2D eigenvalue weighted by molar-refractivity contribution is 5.87. The van der Waals surface area contributed by atoms with E-state index in [1.54, 1.807) is 19.1 Å². The number of aliphatic hydroxyl groups is 1. The number of carbonyl (C=O) groups is 2. The Balaban J connectivity index is 0.000000551. The third kappa shape index (κ3) is 10.3. The molecule has 0 aliphatic rings. The zero-order chi connectivity index (χ0) is 22.4. The Morgan fingerprint density at radius 3 is 2.17 bits per heavy atom. The van der Waals surface area contributed by atoms with Gasteiger partial charge in [0.2, 0.25) is 12.2 Å². The number of rotatable bonds is 8. The Labute approximate surface area is 168 Å². The topological polar surface area (TPSA) is 132 Å². The molecule has 0 bridgehead atoms. The molecule has 1 N–H and O–H groups in total. The van der Waals surface area contributed by atoms with Gasteiger partial charge in [0, 0.05) is 11.1 Å². The van der Waals surface area contributed by atoms with Crippen molar-refractivity contribution >= 4 is 35.5 Å². The fourth-order valence-electron chi connectivity index (χ4n) is 1.56. The average Bonchev–Trinajstić information content (AvgIpc) is 2.68. The van der Waals surface area contributed by atoms with Crippen molar-refractivity contribution in [1.82, 2.24) is 0 Å². The van der Waals surface area contributed by atoms with Crippen LogP contribution in [0.1, 0.15) is 19.4 Å². The van der Waals surface area contributed by atoms with Crippen molar-refractivity contribution in [2.45, 2.75) is 26.9 Å². The number of esters is 2. The molecule has 0 saturated carbocycles. The third-order valence-corrected chi connectivity index (χ3v) is 3.11. The van der Waals surface area contributed by atoms with Crippen LogP contribution in [0.4, 0.5) is 11.4 Å². The van der Waals surface area contributed by atoms with Crippen LogP contribution in [-0.2, 0) is 28.7 Å². The maximum absolute atomic E-state index is 11.1. The van der Waals surface area contributed by atoms with E-state index in [4.69, 9.17) is 14.6 Å². The van der Waals surface area contributed by atoms with Gasteiger partial charge in [-0.1, -0.05) is 19.2 Å². The fourth-order valence-corrected chi connectivity index (χ4v) is 1.56. The van der Waals surface area contributed by atoms with Gasteiger partial charge >= 0.3 is 11.9 Å². The molecule has 0 aromatic heterocycles. The molecular formula is C20H22N2O7. The molecule has 0 heterocycles. The number of carbonyl (C=O) groups excluding carboxylic acids is 4. The van der Waals surface area contributed by atoms with Crippen molar-refractivity contribution in [2.24, 2.45) is 9.98 Å². The molecule has 154 valence electrons. The average molecular weight is 402 g/mol. The number of aliphatic hydroxyl groups excluding tert-OH is 1. The first kappa shape index (κ1) is 25.4. The number of nitrogens with zero attached hydrogens (tertiary/aromatic N) is 2. The summed E-state index contributed by atoms with van der Waals surface area (Å²) in [6, 6.07) is 4.88. The van der Waals surface area contributed by atoms with Gasteiger partial charge in [0.15, 0.2) is 6.10 Å². The molecule has 0 amide bonds. The molecule has 1 atom stereocenters. The normalized spacial score (nSPS) is 10.1. The molecule has 1 aromatic rings. The molecule has 0 spiro atoms. The minimum absolute atomic E-state index is 0.207. The number of hydrogen-bond acceptors (Lipinski definition) is 9. The van der Waals surface area contributed by atoms with Crippen LogP contribution in [0.2, 0.25) is 0 Å². The molecule has 0 aliphatic carbocycles. The molecule has 9 heteroatoms. The molecule has 0 aliphatic heterocycles. The molecule has 9 nitrogen and oxygen atoms in total. The number of benzene rings is 1. The molecule has 1 unspecified atom stereocenters. The van der Waals surface area contributed by atoms with Crippen LogP contribution < -0.4 is 0 Å². The van der Waals surface area contributed by atoms with Gasteiger partial charge in [0.25, 0.3) is 0 Å². The summed E-state index contributed by atoms with van der Waals surface area (Å²) in [5, 5.41) is 8.89. The zero-order valence-electron chi connectivity index (χ0n) is 16.4. The number of aryl methyl sites for hydroxylation is 1. The summed E-state index contributed by atoms with van der Waals surface area (Å²) in [5.41, 5.74) is 2.17. The van der Waals surface area contributed by atoms with Gasteiger partial charge in [0.05, 0.1) is 18.0 Å². The van der Waals surface area contributed by atoms with E-state index in [0.29, 0.717) is 11.4 Å².